The number of likely N-dealkylation sites (N-methyl/N-ethyl adjacent to an activating group) is 1. The van der Waals surface area contributed by atoms with Crippen LogP contribution in [-0.4, -0.2) is 54.5 Å². The Morgan fingerprint density at radius 3 is 2.65 bits per heavy atom. The van der Waals surface area contributed by atoms with Crippen LogP contribution in [0, 0.1) is 5.92 Å². The minimum absolute atomic E-state index is 0.108. The van der Waals surface area contributed by atoms with Crippen molar-refractivity contribution >= 4 is 0 Å². The van der Waals surface area contributed by atoms with Gasteiger partial charge < -0.3 is 15.6 Å². The van der Waals surface area contributed by atoms with Gasteiger partial charge in [-0.1, -0.05) is 6.92 Å². The molecule has 1 aliphatic carbocycles. The fraction of sp³-hybridized carbons (Fsp3) is 1.00. The third-order valence-corrected chi connectivity index (χ3v) is 4.14. The van der Waals surface area contributed by atoms with Gasteiger partial charge >= 0.3 is 0 Å². The molecule has 1 aliphatic heterocycles. The third kappa shape index (κ3) is 3.41. The molecule has 3 N–H and O–H groups in total. The zero-order valence-electron chi connectivity index (χ0n) is 10.8. The summed E-state index contributed by atoms with van der Waals surface area (Å²) >= 11 is 0. The van der Waals surface area contributed by atoms with Crippen molar-refractivity contribution in [3.63, 3.8) is 0 Å². The Morgan fingerprint density at radius 2 is 2.18 bits per heavy atom. The number of aliphatic hydroxyl groups is 1. The molecule has 0 amide bonds. The van der Waals surface area contributed by atoms with Gasteiger partial charge in [0.15, 0.2) is 0 Å². The zero-order chi connectivity index (χ0) is 12.3. The second-order valence-electron chi connectivity index (χ2n) is 5.39. The van der Waals surface area contributed by atoms with E-state index in [4.69, 9.17) is 10.5 Å². The van der Waals surface area contributed by atoms with Crippen LogP contribution in [0.4, 0.5) is 0 Å². The standard InChI is InChI=1S/C13H26N2O2/c1-2-15(8-11-4-3-7-17-11)12(9-16)13(14)10-5-6-10/h10-13,16H,2-9,14H2,1H3. The molecule has 1 saturated heterocycles. The maximum Gasteiger partial charge on any atom is 0.0702 e. The predicted octanol–water partition coefficient (Wildman–Crippen LogP) is 0.586. The van der Waals surface area contributed by atoms with Crippen LogP contribution in [0.1, 0.15) is 32.6 Å². The van der Waals surface area contributed by atoms with Gasteiger partial charge in [-0.2, -0.15) is 0 Å². The summed E-state index contributed by atoms with van der Waals surface area (Å²) in [6.07, 6.45) is 5.12. The molecular weight excluding hydrogens is 216 g/mol. The highest BCUT2D eigenvalue weighted by molar-refractivity contribution is 4.93. The number of rotatable bonds is 7. The molecule has 2 rings (SSSR count). The average molecular weight is 242 g/mol. The zero-order valence-corrected chi connectivity index (χ0v) is 10.8. The molecule has 0 aromatic rings. The monoisotopic (exact) mass is 242 g/mol. The van der Waals surface area contributed by atoms with Crippen LogP contribution >= 0.6 is 0 Å². The van der Waals surface area contributed by atoms with Crippen molar-refractivity contribution in [2.75, 3.05) is 26.3 Å². The molecule has 2 fully saturated rings. The maximum atomic E-state index is 9.59. The van der Waals surface area contributed by atoms with Gasteiger partial charge in [0.2, 0.25) is 0 Å². The molecule has 1 heterocycles. The Hall–Kier alpha value is -0.160. The number of hydrogen-bond donors (Lipinski definition) is 2. The first-order chi connectivity index (χ1) is 8.26. The van der Waals surface area contributed by atoms with Crippen molar-refractivity contribution < 1.29 is 9.84 Å². The lowest BCUT2D eigenvalue weighted by molar-refractivity contribution is 0.0350. The lowest BCUT2D eigenvalue weighted by Crippen LogP contribution is -2.53. The predicted molar refractivity (Wildman–Crippen MR) is 67.8 cm³/mol. The Bertz CT molecular complexity index is 227. The van der Waals surface area contributed by atoms with E-state index in [1.54, 1.807) is 0 Å². The smallest absolute Gasteiger partial charge is 0.0702 e. The normalized spacial score (nSPS) is 28.6. The first-order valence-electron chi connectivity index (χ1n) is 6.98. The summed E-state index contributed by atoms with van der Waals surface area (Å²) in [6.45, 7) is 5.05. The van der Waals surface area contributed by atoms with Crippen molar-refractivity contribution in [3.8, 4) is 0 Å². The number of ether oxygens (including phenoxy) is 1. The molecule has 0 aromatic carbocycles. The molecule has 17 heavy (non-hydrogen) atoms. The number of aliphatic hydroxyl groups excluding tert-OH is 1. The molecule has 0 aromatic heterocycles. The fourth-order valence-electron chi connectivity index (χ4n) is 2.82. The summed E-state index contributed by atoms with van der Waals surface area (Å²) in [6, 6.07) is 0.234. The van der Waals surface area contributed by atoms with E-state index in [1.165, 1.54) is 19.3 Å². The minimum atomic E-state index is 0.108. The molecule has 2 aliphatic rings. The van der Waals surface area contributed by atoms with Gasteiger partial charge in [0.25, 0.3) is 0 Å². The van der Waals surface area contributed by atoms with Crippen LogP contribution in [0.5, 0.6) is 0 Å². The van der Waals surface area contributed by atoms with E-state index in [9.17, 15) is 5.11 Å². The quantitative estimate of drug-likeness (QED) is 0.686. The van der Waals surface area contributed by atoms with Gasteiger partial charge in [-0.15, -0.1) is 0 Å². The van der Waals surface area contributed by atoms with Crippen molar-refractivity contribution in [1.29, 1.82) is 0 Å². The Balaban J connectivity index is 1.88. The van der Waals surface area contributed by atoms with E-state index in [0.717, 1.165) is 26.1 Å². The second kappa shape index (κ2) is 6.14. The topological polar surface area (TPSA) is 58.7 Å². The van der Waals surface area contributed by atoms with E-state index < -0.39 is 0 Å². The van der Waals surface area contributed by atoms with E-state index in [2.05, 4.69) is 11.8 Å². The highest BCUT2D eigenvalue weighted by atomic mass is 16.5. The fourth-order valence-corrected chi connectivity index (χ4v) is 2.82. The highest BCUT2D eigenvalue weighted by Gasteiger charge is 2.36. The van der Waals surface area contributed by atoms with Crippen LogP contribution in [0.3, 0.4) is 0 Å². The second-order valence-corrected chi connectivity index (χ2v) is 5.39. The van der Waals surface area contributed by atoms with Crippen LogP contribution < -0.4 is 5.73 Å². The Morgan fingerprint density at radius 1 is 1.41 bits per heavy atom. The van der Waals surface area contributed by atoms with Gasteiger partial charge in [-0.3, -0.25) is 4.90 Å². The molecule has 3 unspecified atom stereocenters. The molecule has 1 saturated carbocycles. The summed E-state index contributed by atoms with van der Waals surface area (Å²) in [5.74, 6) is 0.630. The van der Waals surface area contributed by atoms with Crippen molar-refractivity contribution in [3.05, 3.63) is 0 Å². The Labute approximate surface area is 104 Å². The molecule has 4 nitrogen and oxygen atoms in total. The summed E-state index contributed by atoms with van der Waals surface area (Å²) in [4.78, 5) is 2.30. The van der Waals surface area contributed by atoms with Gasteiger partial charge in [0.05, 0.1) is 12.7 Å². The number of nitrogens with two attached hydrogens (primary N) is 1. The molecule has 0 radical (unpaired) electrons. The first-order valence-corrected chi connectivity index (χ1v) is 6.98. The van der Waals surface area contributed by atoms with Crippen LogP contribution in [0.2, 0.25) is 0 Å². The largest absolute Gasteiger partial charge is 0.395 e. The van der Waals surface area contributed by atoms with Crippen molar-refractivity contribution in [2.45, 2.75) is 50.8 Å². The van der Waals surface area contributed by atoms with Gasteiger partial charge in [0.1, 0.15) is 0 Å². The number of nitrogens with zero attached hydrogens (tertiary/aromatic N) is 1. The summed E-state index contributed by atoms with van der Waals surface area (Å²) in [5.41, 5.74) is 6.24. The van der Waals surface area contributed by atoms with Crippen LogP contribution in [0.25, 0.3) is 0 Å². The first kappa shape index (κ1) is 13.3. The molecule has 4 heteroatoms. The number of hydrogen-bond acceptors (Lipinski definition) is 4. The minimum Gasteiger partial charge on any atom is -0.395 e. The lowest BCUT2D eigenvalue weighted by Gasteiger charge is -2.35. The lowest BCUT2D eigenvalue weighted by atomic mass is 10.0. The summed E-state index contributed by atoms with van der Waals surface area (Å²) < 4.78 is 5.67. The molecular formula is C13H26N2O2. The Kier molecular flexibility index (Phi) is 4.79. The van der Waals surface area contributed by atoms with Crippen molar-refractivity contribution in [2.24, 2.45) is 11.7 Å². The summed E-state index contributed by atoms with van der Waals surface area (Å²) in [5, 5.41) is 9.59. The third-order valence-electron chi connectivity index (χ3n) is 4.14. The molecule has 100 valence electrons. The highest BCUT2D eigenvalue weighted by Crippen LogP contribution is 2.34. The summed E-state index contributed by atoms with van der Waals surface area (Å²) in [7, 11) is 0. The van der Waals surface area contributed by atoms with E-state index in [1.807, 2.05) is 0 Å². The van der Waals surface area contributed by atoms with Gasteiger partial charge in [-0.05, 0) is 38.1 Å². The van der Waals surface area contributed by atoms with Crippen molar-refractivity contribution in [1.82, 2.24) is 4.90 Å². The van der Waals surface area contributed by atoms with Gasteiger partial charge in [-0.25, -0.2) is 0 Å². The van der Waals surface area contributed by atoms with Crippen LogP contribution in [0.15, 0.2) is 0 Å². The average Bonchev–Trinajstić information content (AvgIpc) is 3.07. The SMILES string of the molecule is CCN(CC1CCCO1)C(CO)C(N)C1CC1. The molecule has 0 bridgehead atoms. The molecule has 3 atom stereocenters. The van der Waals surface area contributed by atoms with E-state index >= 15 is 0 Å². The van der Waals surface area contributed by atoms with Gasteiger partial charge in [0, 0.05) is 25.2 Å². The molecule has 0 spiro atoms. The van der Waals surface area contributed by atoms with Crippen LogP contribution in [-0.2, 0) is 4.74 Å². The maximum absolute atomic E-state index is 9.59. The van der Waals surface area contributed by atoms with E-state index in [-0.39, 0.29) is 18.7 Å². The van der Waals surface area contributed by atoms with E-state index in [0.29, 0.717) is 12.0 Å².